The van der Waals surface area contributed by atoms with Gasteiger partial charge in [0.2, 0.25) is 11.7 Å². The first kappa shape index (κ1) is 19.5. The average Bonchev–Trinajstić information content (AvgIpc) is 3.28. The van der Waals surface area contributed by atoms with E-state index < -0.39 is 5.91 Å². The molecule has 3 aromatic rings. The van der Waals surface area contributed by atoms with Crippen LogP contribution in [-0.2, 0) is 10.2 Å². The summed E-state index contributed by atoms with van der Waals surface area (Å²) in [7, 11) is 0. The van der Waals surface area contributed by atoms with Crippen LogP contribution in [0.5, 0.6) is 5.88 Å². The zero-order valence-electron chi connectivity index (χ0n) is 18.1. The molecule has 32 heavy (non-hydrogen) atoms. The second kappa shape index (κ2) is 6.65. The molecule has 0 unspecified atom stereocenters. The number of amides is 1. The molecule has 0 spiro atoms. The van der Waals surface area contributed by atoms with Gasteiger partial charge < -0.3 is 19.4 Å². The first-order valence-corrected chi connectivity index (χ1v) is 11.1. The van der Waals surface area contributed by atoms with Crippen molar-refractivity contribution in [3.63, 3.8) is 0 Å². The maximum atomic E-state index is 13.1. The lowest BCUT2D eigenvalue weighted by atomic mass is 9.62. The van der Waals surface area contributed by atoms with Crippen LogP contribution in [0.25, 0.3) is 5.78 Å². The molecule has 9 heteroatoms. The summed E-state index contributed by atoms with van der Waals surface area (Å²) in [5.41, 5.74) is 1.10. The van der Waals surface area contributed by atoms with Gasteiger partial charge in [-0.15, -0.1) is 0 Å². The summed E-state index contributed by atoms with van der Waals surface area (Å²) in [4.78, 5) is 35.1. The van der Waals surface area contributed by atoms with Crippen LogP contribution >= 0.6 is 0 Å². The van der Waals surface area contributed by atoms with Crippen LogP contribution in [0.4, 0.5) is 5.69 Å². The molecule has 0 aromatic carbocycles. The van der Waals surface area contributed by atoms with Gasteiger partial charge in [-0.1, -0.05) is 0 Å². The molecule has 2 saturated carbocycles. The van der Waals surface area contributed by atoms with Crippen LogP contribution in [0.2, 0.25) is 0 Å². The number of carbonyl (C=O) groups excluding carboxylic acids is 1. The van der Waals surface area contributed by atoms with Gasteiger partial charge in [-0.3, -0.25) is 14.0 Å². The van der Waals surface area contributed by atoms with Gasteiger partial charge in [0, 0.05) is 30.0 Å². The number of fused-ring (bicyclic) bond motifs is 2. The predicted octanol–water partition coefficient (Wildman–Crippen LogP) is 2.70. The smallest absolute Gasteiger partial charge is 0.274 e. The fourth-order valence-corrected chi connectivity index (χ4v) is 5.15. The second-order valence-corrected chi connectivity index (χ2v) is 9.42. The van der Waals surface area contributed by atoms with Gasteiger partial charge in [0.1, 0.15) is 11.3 Å². The highest BCUT2D eigenvalue weighted by atomic mass is 16.5. The summed E-state index contributed by atoms with van der Waals surface area (Å²) in [5, 5.41) is 2.75. The minimum absolute atomic E-state index is 0.0478. The number of carbonyl (C=O) groups is 1. The third-order valence-corrected chi connectivity index (χ3v) is 6.77. The van der Waals surface area contributed by atoms with Crippen LogP contribution in [0.3, 0.4) is 0 Å². The molecule has 2 aliphatic heterocycles. The van der Waals surface area contributed by atoms with Gasteiger partial charge >= 0.3 is 0 Å². The third-order valence-electron chi connectivity index (χ3n) is 6.77. The van der Waals surface area contributed by atoms with Crippen LogP contribution < -0.4 is 15.6 Å². The molecule has 2 bridgehead atoms. The SMILES string of the molecule is CCOc1nc2nc(C34COC(C)(C3)C4)cn2cc1C(=O)Nc1cccn(C2CC2)c1=O. The zero-order valence-corrected chi connectivity index (χ0v) is 18.1. The van der Waals surface area contributed by atoms with Gasteiger partial charge in [-0.05, 0) is 51.7 Å². The number of hydrogen-bond acceptors (Lipinski definition) is 6. The summed E-state index contributed by atoms with van der Waals surface area (Å²) in [5.74, 6) is 0.236. The van der Waals surface area contributed by atoms with Crippen LogP contribution in [0.1, 0.15) is 61.6 Å². The lowest BCUT2D eigenvalue weighted by Gasteiger charge is -2.41. The molecule has 2 aliphatic carbocycles. The van der Waals surface area contributed by atoms with Crippen LogP contribution in [0, 0.1) is 0 Å². The maximum absolute atomic E-state index is 13.1. The van der Waals surface area contributed by atoms with E-state index in [-0.39, 0.29) is 39.7 Å². The van der Waals surface area contributed by atoms with E-state index in [9.17, 15) is 9.59 Å². The molecular formula is C23H25N5O4. The fraction of sp³-hybridized carbons (Fsp3) is 0.478. The Morgan fingerprint density at radius 1 is 1.31 bits per heavy atom. The van der Waals surface area contributed by atoms with Gasteiger partial charge in [0.25, 0.3) is 11.5 Å². The Hall–Kier alpha value is -3.20. The minimum atomic E-state index is -0.442. The number of nitrogens with zero attached hydrogens (tertiary/aromatic N) is 4. The normalized spacial score (nSPS) is 26.2. The molecule has 3 aromatic heterocycles. The first-order valence-electron chi connectivity index (χ1n) is 11.1. The predicted molar refractivity (Wildman–Crippen MR) is 116 cm³/mol. The summed E-state index contributed by atoms with van der Waals surface area (Å²) in [6.45, 7) is 4.97. The van der Waals surface area contributed by atoms with Crippen LogP contribution in [-0.4, -0.2) is 43.7 Å². The van der Waals surface area contributed by atoms with E-state index in [0.717, 1.165) is 31.4 Å². The molecule has 9 nitrogen and oxygen atoms in total. The van der Waals surface area contributed by atoms with E-state index in [1.807, 2.05) is 13.1 Å². The Morgan fingerprint density at radius 3 is 2.81 bits per heavy atom. The number of imidazole rings is 1. The van der Waals surface area contributed by atoms with Crippen molar-refractivity contribution in [3.05, 3.63) is 52.3 Å². The highest BCUT2D eigenvalue weighted by molar-refractivity contribution is 6.05. The van der Waals surface area contributed by atoms with E-state index in [2.05, 4.69) is 17.2 Å². The summed E-state index contributed by atoms with van der Waals surface area (Å²) in [6, 6.07) is 3.62. The number of aromatic nitrogens is 4. The summed E-state index contributed by atoms with van der Waals surface area (Å²) in [6.07, 6.45) is 9.21. The van der Waals surface area contributed by atoms with Crippen molar-refractivity contribution in [1.82, 2.24) is 18.9 Å². The van der Waals surface area contributed by atoms with Crippen molar-refractivity contribution >= 4 is 17.4 Å². The number of ether oxygens (including phenoxy) is 2. The van der Waals surface area contributed by atoms with Crippen molar-refractivity contribution in [2.75, 3.05) is 18.5 Å². The number of anilines is 1. The summed E-state index contributed by atoms with van der Waals surface area (Å²) >= 11 is 0. The summed E-state index contributed by atoms with van der Waals surface area (Å²) < 4.78 is 15.0. The van der Waals surface area contributed by atoms with Gasteiger partial charge in [-0.25, -0.2) is 4.98 Å². The number of hydrogen-bond donors (Lipinski definition) is 1. The first-order chi connectivity index (χ1) is 15.4. The van der Waals surface area contributed by atoms with E-state index >= 15 is 0 Å². The van der Waals surface area contributed by atoms with Gasteiger partial charge in [0.15, 0.2) is 0 Å². The van der Waals surface area contributed by atoms with Crippen molar-refractivity contribution in [3.8, 4) is 5.88 Å². The number of nitrogens with one attached hydrogen (secondary N) is 1. The maximum Gasteiger partial charge on any atom is 0.274 e. The van der Waals surface area contributed by atoms with Gasteiger partial charge in [-0.2, -0.15) is 4.98 Å². The van der Waals surface area contributed by atoms with E-state index in [4.69, 9.17) is 14.5 Å². The Bertz CT molecular complexity index is 1300. The third kappa shape index (κ3) is 2.95. The highest BCUT2D eigenvalue weighted by Gasteiger charge is 2.61. The fourth-order valence-electron chi connectivity index (χ4n) is 5.15. The standard InChI is InChI=1S/C23H25N5O4/c1-3-31-19-15(18(29)24-16-5-4-8-28(20(16)30)14-6-7-14)9-27-10-17(25-21(27)26-19)23-11-22(2,12-23)32-13-23/h4-5,8-10,14H,3,6-7,11-13H2,1-2H3,(H,24,29). The number of pyridine rings is 1. The largest absolute Gasteiger partial charge is 0.477 e. The minimum Gasteiger partial charge on any atom is -0.477 e. The van der Waals surface area contributed by atoms with Gasteiger partial charge in [0.05, 0.1) is 24.5 Å². The number of rotatable bonds is 6. The lowest BCUT2D eigenvalue weighted by molar-refractivity contribution is 0.0154. The Morgan fingerprint density at radius 2 is 2.12 bits per heavy atom. The molecule has 2 saturated heterocycles. The molecule has 1 N–H and O–H groups in total. The monoisotopic (exact) mass is 435 g/mol. The molecule has 4 aliphatic rings. The van der Waals surface area contributed by atoms with Crippen molar-refractivity contribution in [1.29, 1.82) is 0 Å². The molecule has 5 heterocycles. The molecule has 7 rings (SSSR count). The van der Waals surface area contributed by atoms with Crippen molar-refractivity contribution < 1.29 is 14.3 Å². The van der Waals surface area contributed by atoms with E-state index in [1.54, 1.807) is 33.5 Å². The lowest BCUT2D eigenvalue weighted by Crippen LogP contribution is -2.45. The quantitative estimate of drug-likeness (QED) is 0.639. The molecule has 1 amide bonds. The Labute approximate surface area is 184 Å². The molecular weight excluding hydrogens is 410 g/mol. The molecule has 0 radical (unpaired) electrons. The van der Waals surface area contributed by atoms with Crippen LogP contribution in [0.15, 0.2) is 35.5 Å². The van der Waals surface area contributed by atoms with Crippen molar-refractivity contribution in [2.24, 2.45) is 0 Å². The van der Waals surface area contributed by atoms with Crippen molar-refractivity contribution in [2.45, 2.75) is 56.6 Å². The average molecular weight is 435 g/mol. The second-order valence-electron chi connectivity index (χ2n) is 9.42. The molecule has 0 atom stereocenters. The molecule has 166 valence electrons. The Balaban J connectivity index is 1.35. The zero-order chi connectivity index (χ0) is 22.1. The van der Waals surface area contributed by atoms with E-state index in [1.165, 1.54) is 0 Å². The topological polar surface area (TPSA) is 99.8 Å². The van der Waals surface area contributed by atoms with E-state index in [0.29, 0.717) is 19.0 Å². The Kier molecular flexibility index (Phi) is 4.05. The highest BCUT2D eigenvalue weighted by Crippen LogP contribution is 2.58. The molecule has 4 fully saturated rings.